The molecule has 11 heavy (non-hydrogen) atoms. The molecule has 5 heteroatoms. The van der Waals surface area contributed by atoms with Crippen molar-refractivity contribution in [1.82, 2.24) is 0 Å². The van der Waals surface area contributed by atoms with Gasteiger partial charge in [0.25, 0.3) is 0 Å². The molecule has 0 saturated carbocycles. The predicted molar refractivity (Wildman–Crippen MR) is 35.6 cm³/mol. The first-order chi connectivity index (χ1) is 4.85. The molecule has 0 N–H and O–H groups in total. The van der Waals surface area contributed by atoms with Gasteiger partial charge in [0.2, 0.25) is 0 Å². The van der Waals surface area contributed by atoms with E-state index in [0.717, 1.165) is 0 Å². The minimum atomic E-state index is -1.80. The standard InChI is InChI=1S/3C2H5O.O.V/c3*1-2-3;;/h3*2H2,1H3;;/q3*-1;-2;+5. The summed E-state index contributed by atoms with van der Waals surface area (Å²) in [5.74, 6) is 0. The molecule has 0 spiro atoms. The maximum atomic E-state index is 5.22. The third kappa shape index (κ3) is 8.33. The van der Waals surface area contributed by atoms with E-state index in [9.17, 15) is 0 Å². The predicted octanol–water partition coefficient (Wildman–Crippen LogP) is 1.34. The van der Waals surface area contributed by atoms with Crippen LogP contribution >= 0.6 is 0 Å². The molecule has 0 saturated heterocycles. The van der Waals surface area contributed by atoms with Crippen LogP contribution in [-0.4, -0.2) is 19.8 Å². The maximum Gasteiger partial charge on any atom is -2.00 e. The molecule has 0 atom stereocenters. The van der Waals surface area contributed by atoms with E-state index in [4.69, 9.17) is 11.0 Å². The van der Waals surface area contributed by atoms with Gasteiger partial charge in [-0.05, 0) is 0 Å². The van der Waals surface area contributed by atoms with Crippen LogP contribution in [0.5, 0.6) is 0 Å². The molecule has 68 valence electrons. The van der Waals surface area contributed by atoms with Crippen molar-refractivity contribution in [3.05, 3.63) is 0 Å². The molecule has 0 aromatic rings. The van der Waals surface area contributed by atoms with Gasteiger partial charge in [0.15, 0.2) is 0 Å². The Morgan fingerprint density at radius 1 is 0.818 bits per heavy atom. The van der Waals surface area contributed by atoms with E-state index in [1.807, 2.05) is 20.8 Å². The van der Waals surface area contributed by atoms with E-state index in [0.29, 0.717) is 19.8 Å². The molecule has 0 aliphatic heterocycles. The first-order valence-electron chi connectivity index (χ1n) is 3.54. The van der Waals surface area contributed by atoms with Gasteiger partial charge in [-0.2, -0.15) is 0 Å². The average Bonchev–Trinajstić information content (AvgIpc) is 1.90. The van der Waals surface area contributed by atoms with Crippen LogP contribution in [0, 0.1) is 0 Å². The van der Waals surface area contributed by atoms with Crippen LogP contribution in [-0.2, 0) is 32.7 Å². The first-order valence-corrected chi connectivity index (χ1v) is 5.25. The maximum absolute atomic E-state index is 5.22. The largest absolute Gasteiger partial charge is 2.00 e. The summed E-state index contributed by atoms with van der Waals surface area (Å²) in [4.78, 5) is 0. The Morgan fingerprint density at radius 3 is 1.27 bits per heavy atom. The quantitative estimate of drug-likeness (QED) is 0.653. The monoisotopic (exact) mass is 202 g/mol. The molecular formula is C6H15O4V. The third-order valence-corrected chi connectivity index (χ3v) is 2.90. The first kappa shape index (κ1) is 14.0. The van der Waals surface area contributed by atoms with Gasteiger partial charge in [-0.15, -0.1) is 0 Å². The summed E-state index contributed by atoms with van der Waals surface area (Å²) < 4.78 is 15.7. The van der Waals surface area contributed by atoms with E-state index < -0.39 is 16.2 Å². The van der Waals surface area contributed by atoms with Crippen LogP contribution in [0.2, 0.25) is 0 Å². The Bertz CT molecular complexity index is 57.3. The molecule has 0 amide bonds. The Labute approximate surface area is 73.8 Å². The average molecular weight is 202 g/mol. The molecule has 0 unspecified atom stereocenters. The summed E-state index contributed by atoms with van der Waals surface area (Å²) >= 11 is -1.80. The topological polar surface area (TPSA) is 56.2 Å². The van der Waals surface area contributed by atoms with Crippen molar-refractivity contribution in [3.8, 4) is 0 Å². The zero-order valence-electron chi connectivity index (χ0n) is 7.20. The smallest absolute Gasteiger partial charge is 2.00 e. The SMILES string of the molecule is CC[O][V+2]([O]CC)[O]CC.[O-2]. The van der Waals surface area contributed by atoms with Gasteiger partial charge >= 0.3 is 67.8 Å². The van der Waals surface area contributed by atoms with Crippen LogP contribution in [0.25, 0.3) is 0 Å². The molecule has 0 aliphatic carbocycles. The van der Waals surface area contributed by atoms with Gasteiger partial charge in [0.05, 0.1) is 0 Å². The van der Waals surface area contributed by atoms with E-state index in [1.165, 1.54) is 0 Å². The van der Waals surface area contributed by atoms with Gasteiger partial charge in [0, 0.05) is 0 Å². The minimum Gasteiger partial charge on any atom is -2.00 e. The summed E-state index contributed by atoms with van der Waals surface area (Å²) in [7, 11) is 0. The van der Waals surface area contributed by atoms with E-state index in [1.54, 1.807) is 0 Å². The minimum absolute atomic E-state index is 0. The Morgan fingerprint density at radius 2 is 1.09 bits per heavy atom. The molecule has 0 radical (unpaired) electrons. The summed E-state index contributed by atoms with van der Waals surface area (Å²) in [6, 6.07) is 0. The van der Waals surface area contributed by atoms with Gasteiger partial charge in [-0.3, -0.25) is 0 Å². The van der Waals surface area contributed by atoms with Crippen LogP contribution in [0.1, 0.15) is 20.8 Å². The van der Waals surface area contributed by atoms with Crippen molar-refractivity contribution in [2.45, 2.75) is 20.8 Å². The summed E-state index contributed by atoms with van der Waals surface area (Å²) in [6.45, 7) is 7.87. The Balaban J connectivity index is 0. The van der Waals surface area contributed by atoms with Gasteiger partial charge < -0.3 is 5.48 Å². The third-order valence-electron chi connectivity index (χ3n) is 0.704. The fourth-order valence-corrected chi connectivity index (χ4v) is 1.76. The second kappa shape index (κ2) is 10.4. The molecule has 0 aromatic heterocycles. The molecule has 0 fully saturated rings. The normalized spacial score (nSPS) is 9.00. The fraction of sp³-hybridized carbons (Fsp3) is 1.00. The number of rotatable bonds is 6. The van der Waals surface area contributed by atoms with Crippen LogP contribution < -0.4 is 0 Å². The molecule has 4 nitrogen and oxygen atoms in total. The van der Waals surface area contributed by atoms with Gasteiger partial charge in [0.1, 0.15) is 0 Å². The molecule has 0 aromatic carbocycles. The van der Waals surface area contributed by atoms with Crippen molar-refractivity contribution in [2.24, 2.45) is 0 Å². The van der Waals surface area contributed by atoms with E-state index in [2.05, 4.69) is 0 Å². The van der Waals surface area contributed by atoms with Crippen LogP contribution in [0.3, 0.4) is 0 Å². The van der Waals surface area contributed by atoms with Crippen molar-refractivity contribution >= 4 is 0 Å². The Kier molecular flexibility index (Phi) is 13.2. The molecule has 0 heterocycles. The van der Waals surface area contributed by atoms with Crippen molar-refractivity contribution in [3.63, 3.8) is 0 Å². The molecule has 0 rings (SSSR count). The zero-order chi connectivity index (χ0) is 7.82. The summed E-state index contributed by atoms with van der Waals surface area (Å²) in [5.41, 5.74) is 0. The van der Waals surface area contributed by atoms with Gasteiger partial charge in [-0.1, -0.05) is 0 Å². The second-order valence-corrected chi connectivity index (χ2v) is 3.38. The number of hydrogen-bond acceptors (Lipinski definition) is 3. The van der Waals surface area contributed by atoms with E-state index >= 15 is 0 Å². The van der Waals surface area contributed by atoms with Crippen LogP contribution in [0.4, 0.5) is 0 Å². The van der Waals surface area contributed by atoms with Crippen molar-refractivity contribution < 1.29 is 32.7 Å². The Hall–Kier alpha value is 0.424. The summed E-state index contributed by atoms with van der Waals surface area (Å²) in [5, 5.41) is 0. The van der Waals surface area contributed by atoms with Crippen molar-refractivity contribution in [2.75, 3.05) is 19.8 Å². The molecular weight excluding hydrogens is 187 g/mol. The van der Waals surface area contributed by atoms with Crippen molar-refractivity contribution in [1.29, 1.82) is 0 Å². The molecule has 0 bridgehead atoms. The fourth-order valence-electron chi connectivity index (χ4n) is 0.428. The molecule has 0 aliphatic rings. The van der Waals surface area contributed by atoms with Gasteiger partial charge in [-0.25, -0.2) is 0 Å². The summed E-state index contributed by atoms with van der Waals surface area (Å²) in [6.07, 6.45) is 0. The second-order valence-electron chi connectivity index (χ2n) is 1.48. The van der Waals surface area contributed by atoms with Crippen LogP contribution in [0.15, 0.2) is 0 Å². The van der Waals surface area contributed by atoms with E-state index in [-0.39, 0.29) is 5.48 Å². The zero-order valence-corrected chi connectivity index (χ0v) is 8.60. The number of hydrogen-bond donors (Lipinski definition) is 0.